The molecular weight excluding hydrogens is 534 g/mol. The number of likely N-dealkylation sites (tertiary alicyclic amines) is 1. The van der Waals surface area contributed by atoms with Crippen LogP contribution < -0.4 is 10.6 Å². The number of nitrogens with zero attached hydrogens (tertiary/aromatic N) is 1. The van der Waals surface area contributed by atoms with Crippen LogP contribution in [0.3, 0.4) is 0 Å². The Kier molecular flexibility index (Phi) is 7.74. The summed E-state index contributed by atoms with van der Waals surface area (Å²) in [5, 5.41) is 16.9. The quantitative estimate of drug-likeness (QED) is 0.413. The fraction of sp³-hybridized carbons (Fsp3) is 0.500. The fourth-order valence-corrected chi connectivity index (χ4v) is 9.46. The highest BCUT2D eigenvalue weighted by atomic mass is 35.5. The fourth-order valence-electron chi connectivity index (χ4n) is 6.94. The van der Waals surface area contributed by atoms with E-state index in [1.54, 1.807) is 40.9 Å². The number of aliphatic hydroxyl groups is 1. The van der Waals surface area contributed by atoms with Gasteiger partial charge in [-0.05, 0) is 49.8 Å². The van der Waals surface area contributed by atoms with Crippen molar-refractivity contribution in [3.8, 4) is 0 Å². The van der Waals surface area contributed by atoms with Crippen LogP contribution in [0.2, 0.25) is 5.02 Å². The van der Waals surface area contributed by atoms with Gasteiger partial charge >= 0.3 is 0 Å². The zero-order valence-corrected chi connectivity index (χ0v) is 24.1. The number of amides is 3. The van der Waals surface area contributed by atoms with Gasteiger partial charge in [0.15, 0.2) is 0 Å². The van der Waals surface area contributed by atoms with E-state index in [0.717, 1.165) is 12.0 Å². The van der Waals surface area contributed by atoms with Gasteiger partial charge in [-0.25, -0.2) is 0 Å². The molecule has 3 fully saturated rings. The summed E-state index contributed by atoms with van der Waals surface area (Å²) in [6, 6.07) is 15.3. The average molecular weight is 570 g/mol. The van der Waals surface area contributed by atoms with Gasteiger partial charge in [-0.2, -0.15) is 0 Å². The number of anilines is 1. The molecule has 2 aromatic carbocycles. The predicted molar refractivity (Wildman–Crippen MR) is 154 cm³/mol. The van der Waals surface area contributed by atoms with Gasteiger partial charge in [0.2, 0.25) is 17.7 Å². The minimum Gasteiger partial charge on any atom is -0.394 e. The van der Waals surface area contributed by atoms with E-state index in [1.165, 1.54) is 0 Å². The molecule has 0 saturated carbocycles. The molecule has 7 nitrogen and oxygen atoms in total. The van der Waals surface area contributed by atoms with E-state index in [9.17, 15) is 19.5 Å². The van der Waals surface area contributed by atoms with Crippen LogP contribution in [0.25, 0.3) is 0 Å². The van der Waals surface area contributed by atoms with Crippen molar-refractivity contribution in [2.45, 2.75) is 68.2 Å². The zero-order valence-electron chi connectivity index (χ0n) is 22.5. The number of thioether (sulfide) groups is 1. The molecule has 0 aromatic heterocycles. The lowest BCUT2D eigenvalue weighted by atomic mass is 9.66. The maximum absolute atomic E-state index is 14.3. The summed E-state index contributed by atoms with van der Waals surface area (Å²) in [7, 11) is 0. The lowest BCUT2D eigenvalue weighted by molar-refractivity contribution is -0.143. The molecule has 0 radical (unpaired) electrons. The molecule has 2 aromatic rings. The van der Waals surface area contributed by atoms with Gasteiger partial charge in [-0.15, -0.1) is 11.8 Å². The summed E-state index contributed by atoms with van der Waals surface area (Å²) in [5.74, 6) is -1.74. The molecule has 0 aliphatic carbocycles. The van der Waals surface area contributed by atoms with E-state index < -0.39 is 33.4 Å². The van der Waals surface area contributed by atoms with Crippen molar-refractivity contribution in [2.24, 2.45) is 17.8 Å². The third-order valence-corrected chi connectivity index (χ3v) is 10.8. The maximum atomic E-state index is 14.3. The number of carbonyl (C=O) groups is 3. The molecule has 3 amide bonds. The summed E-state index contributed by atoms with van der Waals surface area (Å²) >= 11 is 7.98. The molecule has 3 aliphatic heterocycles. The van der Waals surface area contributed by atoms with Crippen molar-refractivity contribution in [3.63, 3.8) is 0 Å². The summed E-state index contributed by atoms with van der Waals surface area (Å²) in [4.78, 5) is 43.8. The second-order valence-electron chi connectivity index (χ2n) is 11.6. The van der Waals surface area contributed by atoms with Gasteiger partial charge in [0, 0.05) is 11.3 Å². The number of rotatable bonds is 9. The Morgan fingerprint density at radius 2 is 1.79 bits per heavy atom. The van der Waals surface area contributed by atoms with Crippen LogP contribution in [0.1, 0.15) is 45.6 Å². The highest BCUT2D eigenvalue weighted by molar-refractivity contribution is 8.02. The van der Waals surface area contributed by atoms with Gasteiger partial charge in [0.05, 0.1) is 39.9 Å². The van der Waals surface area contributed by atoms with Crippen molar-refractivity contribution in [1.29, 1.82) is 0 Å². The highest BCUT2D eigenvalue weighted by Gasteiger charge is 2.77. The normalized spacial score (nSPS) is 29.9. The van der Waals surface area contributed by atoms with Crippen LogP contribution in [-0.4, -0.2) is 55.9 Å². The van der Waals surface area contributed by atoms with Gasteiger partial charge < -0.3 is 20.6 Å². The number of nitrogens with one attached hydrogen (secondary N) is 2. The van der Waals surface area contributed by atoms with Gasteiger partial charge in [0.25, 0.3) is 0 Å². The summed E-state index contributed by atoms with van der Waals surface area (Å²) in [6.45, 7) is 6.23. The minimum atomic E-state index is -0.832. The number of halogens is 1. The Balaban J connectivity index is 1.51. The van der Waals surface area contributed by atoms with Crippen molar-refractivity contribution < 1.29 is 19.5 Å². The first-order valence-corrected chi connectivity index (χ1v) is 14.8. The molecule has 1 spiro atoms. The van der Waals surface area contributed by atoms with Crippen LogP contribution in [0, 0.1) is 17.8 Å². The smallest absolute Gasteiger partial charge is 0.248 e. The molecule has 2 unspecified atom stereocenters. The molecule has 6 atom stereocenters. The SMILES string of the molecule is CC(C)C[C@H](CO)N1C(=O)[C@@H]2[C@@H](C(=O)NCc3ccccc3)[C@@]3(C)CCC2(S3)C1C(=O)Nc1ccccc1Cl. The number of hydrogen-bond acceptors (Lipinski definition) is 5. The van der Waals surface area contributed by atoms with Crippen molar-refractivity contribution in [2.75, 3.05) is 11.9 Å². The lowest BCUT2D eigenvalue weighted by Crippen LogP contribution is -2.55. The van der Waals surface area contributed by atoms with E-state index in [0.29, 0.717) is 30.1 Å². The van der Waals surface area contributed by atoms with Crippen molar-refractivity contribution >= 4 is 46.8 Å². The number of benzene rings is 2. The number of fused-ring (bicyclic) bond motifs is 1. The van der Waals surface area contributed by atoms with Crippen LogP contribution in [0.4, 0.5) is 5.69 Å². The Bertz CT molecular complexity index is 1260. The van der Waals surface area contributed by atoms with Crippen LogP contribution in [0.5, 0.6) is 0 Å². The number of carbonyl (C=O) groups excluding carboxylic acids is 3. The summed E-state index contributed by atoms with van der Waals surface area (Å²) in [6.07, 6.45) is 1.92. The Morgan fingerprint density at radius 1 is 1.10 bits per heavy atom. The average Bonchev–Trinajstić information content (AvgIpc) is 3.48. The van der Waals surface area contributed by atoms with E-state index in [4.69, 9.17) is 11.6 Å². The van der Waals surface area contributed by atoms with Crippen LogP contribution >= 0.6 is 23.4 Å². The molecule has 9 heteroatoms. The number of aliphatic hydroxyl groups excluding tert-OH is 1. The van der Waals surface area contributed by atoms with Crippen LogP contribution in [-0.2, 0) is 20.9 Å². The molecule has 3 saturated heterocycles. The van der Waals surface area contributed by atoms with Crippen molar-refractivity contribution in [1.82, 2.24) is 10.2 Å². The molecular formula is C30H36ClN3O4S. The van der Waals surface area contributed by atoms with E-state index in [2.05, 4.69) is 17.6 Å². The van der Waals surface area contributed by atoms with E-state index in [1.807, 2.05) is 44.2 Å². The zero-order chi connectivity index (χ0) is 27.9. The van der Waals surface area contributed by atoms with Gasteiger partial charge in [0.1, 0.15) is 6.04 Å². The summed E-state index contributed by atoms with van der Waals surface area (Å²) in [5.41, 5.74) is 1.46. The Morgan fingerprint density at radius 3 is 2.46 bits per heavy atom. The largest absolute Gasteiger partial charge is 0.394 e. The van der Waals surface area contributed by atoms with Crippen molar-refractivity contribution in [3.05, 3.63) is 65.2 Å². The third kappa shape index (κ3) is 4.85. The van der Waals surface area contributed by atoms with E-state index in [-0.39, 0.29) is 30.2 Å². The first-order chi connectivity index (χ1) is 18.6. The van der Waals surface area contributed by atoms with Gasteiger partial charge in [-0.3, -0.25) is 14.4 Å². The number of para-hydroxylation sites is 1. The monoisotopic (exact) mass is 569 g/mol. The predicted octanol–water partition coefficient (Wildman–Crippen LogP) is 4.48. The molecule has 3 heterocycles. The second kappa shape index (κ2) is 10.8. The molecule has 2 bridgehead atoms. The first-order valence-electron chi connectivity index (χ1n) is 13.6. The molecule has 208 valence electrons. The van der Waals surface area contributed by atoms with Crippen LogP contribution in [0.15, 0.2) is 54.6 Å². The van der Waals surface area contributed by atoms with Gasteiger partial charge in [-0.1, -0.05) is 67.9 Å². The standard InChI is InChI=1S/C30H36ClN3O4S/c1-18(2)15-20(17-35)34-25(27(37)33-22-12-8-7-11-21(22)31)30-14-13-29(3,39-30)23(24(30)28(34)38)26(36)32-16-19-9-5-4-6-10-19/h4-12,18,20,23-25,35H,13-17H2,1-3H3,(H,32,36)(H,33,37)/t20-,23+,24+,25?,29-,30?/m1/s1. The third-order valence-electron chi connectivity index (χ3n) is 8.53. The molecule has 3 aliphatic rings. The highest BCUT2D eigenvalue weighted by Crippen LogP contribution is 2.71. The minimum absolute atomic E-state index is 0.162. The molecule has 5 rings (SSSR count). The van der Waals surface area contributed by atoms with E-state index >= 15 is 0 Å². The Labute approximate surface area is 239 Å². The summed E-state index contributed by atoms with van der Waals surface area (Å²) < 4.78 is -1.24. The maximum Gasteiger partial charge on any atom is 0.248 e. The molecule has 3 N–H and O–H groups in total. The number of hydrogen-bond donors (Lipinski definition) is 3. The Hall–Kier alpha value is -2.55. The topological polar surface area (TPSA) is 98.7 Å². The molecule has 39 heavy (non-hydrogen) atoms. The lowest BCUT2D eigenvalue weighted by Gasteiger charge is -2.37. The first kappa shape index (κ1) is 28.0. The second-order valence-corrected chi connectivity index (χ2v) is 13.9.